The summed E-state index contributed by atoms with van der Waals surface area (Å²) in [5.74, 6) is -1.18. The monoisotopic (exact) mass is 256 g/mol. The van der Waals surface area contributed by atoms with Crippen LogP contribution in [0.5, 0.6) is 0 Å². The standard InChI is InChI=1S/C13H18F2N2O/c1-2-3-7-16-13(18)17-8-6-10-4-5-11(14)9-12(10)15/h4-5,9H,2-3,6-8H2,1H3,(H2,16,17,18). The van der Waals surface area contributed by atoms with E-state index in [9.17, 15) is 13.6 Å². The van der Waals surface area contributed by atoms with Gasteiger partial charge in [0.2, 0.25) is 0 Å². The summed E-state index contributed by atoms with van der Waals surface area (Å²) in [4.78, 5) is 11.3. The lowest BCUT2D eigenvalue weighted by atomic mass is 10.1. The van der Waals surface area contributed by atoms with Gasteiger partial charge in [-0.1, -0.05) is 19.4 Å². The molecule has 0 bridgehead atoms. The number of nitrogens with one attached hydrogen (secondary N) is 2. The molecule has 0 heterocycles. The van der Waals surface area contributed by atoms with Gasteiger partial charge in [0.25, 0.3) is 0 Å². The highest BCUT2D eigenvalue weighted by molar-refractivity contribution is 5.73. The number of halogens is 2. The molecule has 0 saturated carbocycles. The smallest absolute Gasteiger partial charge is 0.314 e. The third kappa shape index (κ3) is 5.12. The van der Waals surface area contributed by atoms with Gasteiger partial charge in [-0.25, -0.2) is 13.6 Å². The lowest BCUT2D eigenvalue weighted by Gasteiger charge is -2.07. The van der Waals surface area contributed by atoms with Gasteiger partial charge in [0.05, 0.1) is 0 Å². The van der Waals surface area contributed by atoms with Gasteiger partial charge >= 0.3 is 6.03 Å². The predicted octanol–water partition coefficient (Wildman–Crippen LogP) is 2.61. The van der Waals surface area contributed by atoms with Crippen LogP contribution in [0.2, 0.25) is 0 Å². The van der Waals surface area contributed by atoms with Crippen molar-refractivity contribution in [1.29, 1.82) is 0 Å². The van der Waals surface area contributed by atoms with Crippen LogP contribution < -0.4 is 10.6 Å². The highest BCUT2D eigenvalue weighted by Gasteiger charge is 2.04. The van der Waals surface area contributed by atoms with Crippen molar-refractivity contribution in [3.8, 4) is 0 Å². The summed E-state index contributed by atoms with van der Waals surface area (Å²) in [6, 6.07) is 3.18. The van der Waals surface area contributed by atoms with E-state index in [2.05, 4.69) is 10.6 Å². The lowest BCUT2D eigenvalue weighted by Crippen LogP contribution is -2.37. The van der Waals surface area contributed by atoms with Crippen molar-refractivity contribution < 1.29 is 13.6 Å². The Labute approximate surface area is 106 Å². The lowest BCUT2D eigenvalue weighted by molar-refractivity contribution is 0.241. The van der Waals surface area contributed by atoms with Crippen molar-refractivity contribution in [1.82, 2.24) is 10.6 Å². The maximum Gasteiger partial charge on any atom is 0.314 e. The predicted molar refractivity (Wildman–Crippen MR) is 66.4 cm³/mol. The summed E-state index contributed by atoms with van der Waals surface area (Å²) < 4.78 is 25.9. The molecule has 18 heavy (non-hydrogen) atoms. The summed E-state index contributed by atoms with van der Waals surface area (Å²) in [7, 11) is 0. The molecular weight excluding hydrogens is 238 g/mol. The molecule has 3 nitrogen and oxygen atoms in total. The molecule has 0 aliphatic carbocycles. The minimum Gasteiger partial charge on any atom is -0.338 e. The molecule has 1 aromatic carbocycles. The number of amides is 2. The number of carbonyl (C=O) groups is 1. The van der Waals surface area contributed by atoms with Crippen molar-refractivity contribution in [2.45, 2.75) is 26.2 Å². The van der Waals surface area contributed by atoms with Crippen molar-refractivity contribution in [3.05, 3.63) is 35.4 Å². The molecule has 0 aromatic heterocycles. The first-order chi connectivity index (χ1) is 8.63. The van der Waals surface area contributed by atoms with Gasteiger partial charge in [-0.3, -0.25) is 0 Å². The van der Waals surface area contributed by atoms with E-state index in [1.165, 1.54) is 12.1 Å². The first kappa shape index (κ1) is 14.4. The van der Waals surface area contributed by atoms with E-state index in [4.69, 9.17) is 0 Å². The molecule has 0 spiro atoms. The van der Waals surface area contributed by atoms with Crippen molar-refractivity contribution in [2.75, 3.05) is 13.1 Å². The average molecular weight is 256 g/mol. The molecule has 0 fully saturated rings. The van der Waals surface area contributed by atoms with E-state index in [0.29, 0.717) is 25.1 Å². The van der Waals surface area contributed by atoms with Crippen LogP contribution in [0, 0.1) is 11.6 Å². The molecule has 2 amide bonds. The minimum absolute atomic E-state index is 0.258. The first-order valence-corrected chi connectivity index (χ1v) is 6.09. The Morgan fingerprint density at radius 1 is 1.22 bits per heavy atom. The summed E-state index contributed by atoms with van der Waals surface area (Å²) in [6.07, 6.45) is 2.29. The third-order valence-corrected chi connectivity index (χ3v) is 2.51. The summed E-state index contributed by atoms with van der Waals surface area (Å²) in [5, 5.41) is 5.31. The Morgan fingerprint density at radius 3 is 2.61 bits per heavy atom. The number of hydrogen-bond donors (Lipinski definition) is 2. The van der Waals surface area contributed by atoms with E-state index in [1.54, 1.807) is 0 Å². The van der Waals surface area contributed by atoms with Crippen LogP contribution in [0.4, 0.5) is 13.6 Å². The topological polar surface area (TPSA) is 41.1 Å². The fourth-order valence-corrected chi connectivity index (χ4v) is 1.48. The zero-order valence-corrected chi connectivity index (χ0v) is 10.4. The number of hydrogen-bond acceptors (Lipinski definition) is 1. The molecule has 0 aliphatic rings. The fraction of sp³-hybridized carbons (Fsp3) is 0.462. The molecule has 5 heteroatoms. The number of benzene rings is 1. The fourth-order valence-electron chi connectivity index (χ4n) is 1.48. The zero-order valence-electron chi connectivity index (χ0n) is 10.4. The SMILES string of the molecule is CCCCNC(=O)NCCc1ccc(F)cc1F. The normalized spacial score (nSPS) is 10.2. The molecule has 100 valence electrons. The highest BCUT2D eigenvalue weighted by Crippen LogP contribution is 2.09. The first-order valence-electron chi connectivity index (χ1n) is 6.09. The second-order valence-corrected chi connectivity index (χ2v) is 4.02. The van der Waals surface area contributed by atoms with Crippen LogP contribution >= 0.6 is 0 Å². The van der Waals surface area contributed by atoms with E-state index in [1.807, 2.05) is 6.92 Å². The number of carbonyl (C=O) groups excluding carboxylic acids is 1. The van der Waals surface area contributed by atoms with E-state index >= 15 is 0 Å². The van der Waals surface area contributed by atoms with Crippen LogP contribution in [-0.4, -0.2) is 19.1 Å². The molecule has 0 radical (unpaired) electrons. The maximum atomic E-state index is 13.3. The van der Waals surface area contributed by atoms with Crippen molar-refractivity contribution in [3.63, 3.8) is 0 Å². The second-order valence-electron chi connectivity index (χ2n) is 4.02. The van der Waals surface area contributed by atoms with Crippen LogP contribution in [0.15, 0.2) is 18.2 Å². The van der Waals surface area contributed by atoms with Crippen LogP contribution in [0.25, 0.3) is 0 Å². The summed E-state index contributed by atoms with van der Waals surface area (Å²) >= 11 is 0. The molecule has 0 atom stereocenters. The Morgan fingerprint density at radius 2 is 1.94 bits per heavy atom. The number of unbranched alkanes of at least 4 members (excludes halogenated alkanes) is 1. The number of urea groups is 1. The molecule has 0 aliphatic heterocycles. The van der Waals surface area contributed by atoms with Gasteiger partial charge in [0, 0.05) is 19.2 Å². The second kappa shape index (κ2) is 7.63. The van der Waals surface area contributed by atoms with Gasteiger partial charge in [-0.15, -0.1) is 0 Å². The van der Waals surface area contributed by atoms with Crippen LogP contribution in [0.3, 0.4) is 0 Å². The quantitative estimate of drug-likeness (QED) is 0.755. The van der Waals surface area contributed by atoms with E-state index in [-0.39, 0.29) is 6.03 Å². The van der Waals surface area contributed by atoms with Crippen molar-refractivity contribution >= 4 is 6.03 Å². The van der Waals surface area contributed by atoms with Crippen molar-refractivity contribution in [2.24, 2.45) is 0 Å². The van der Waals surface area contributed by atoms with E-state index in [0.717, 1.165) is 18.9 Å². The summed E-state index contributed by atoms with van der Waals surface area (Å²) in [6.45, 7) is 2.99. The Kier molecular flexibility index (Phi) is 6.11. The Bertz CT molecular complexity index is 397. The maximum absolute atomic E-state index is 13.3. The highest BCUT2D eigenvalue weighted by atomic mass is 19.1. The molecule has 0 saturated heterocycles. The van der Waals surface area contributed by atoms with Crippen LogP contribution in [-0.2, 0) is 6.42 Å². The van der Waals surface area contributed by atoms with Gasteiger partial charge in [-0.05, 0) is 24.5 Å². The molecular formula is C13H18F2N2O. The van der Waals surface area contributed by atoms with Crippen LogP contribution in [0.1, 0.15) is 25.3 Å². The largest absolute Gasteiger partial charge is 0.338 e. The summed E-state index contributed by atoms with van der Waals surface area (Å²) in [5.41, 5.74) is 0.394. The van der Waals surface area contributed by atoms with E-state index < -0.39 is 11.6 Å². The Balaban J connectivity index is 2.26. The third-order valence-electron chi connectivity index (χ3n) is 2.51. The van der Waals surface area contributed by atoms with Gasteiger partial charge in [0.1, 0.15) is 11.6 Å². The molecule has 2 N–H and O–H groups in total. The zero-order chi connectivity index (χ0) is 13.4. The number of rotatable bonds is 6. The van der Waals surface area contributed by atoms with Gasteiger partial charge < -0.3 is 10.6 Å². The van der Waals surface area contributed by atoms with Gasteiger partial charge in [0.15, 0.2) is 0 Å². The minimum atomic E-state index is -0.596. The molecule has 1 rings (SSSR count). The molecule has 1 aromatic rings. The Hall–Kier alpha value is -1.65. The average Bonchev–Trinajstić information content (AvgIpc) is 2.32. The molecule has 0 unspecified atom stereocenters. The van der Waals surface area contributed by atoms with Gasteiger partial charge in [-0.2, -0.15) is 0 Å².